The summed E-state index contributed by atoms with van der Waals surface area (Å²) in [6.07, 6.45) is 2.29. The molecule has 0 aliphatic rings. The molecule has 0 fully saturated rings. The first kappa shape index (κ1) is 13.6. The van der Waals surface area contributed by atoms with E-state index >= 15 is 0 Å². The van der Waals surface area contributed by atoms with Crippen LogP contribution < -0.4 is 5.73 Å². The predicted octanol–water partition coefficient (Wildman–Crippen LogP) is 3.99. The minimum atomic E-state index is -0.299. The van der Waals surface area contributed by atoms with Crippen molar-refractivity contribution < 1.29 is 4.39 Å². The van der Waals surface area contributed by atoms with Crippen LogP contribution in [-0.4, -0.2) is 4.98 Å². The molecule has 18 heavy (non-hydrogen) atoms. The van der Waals surface area contributed by atoms with Crippen molar-refractivity contribution in [2.24, 2.45) is 5.73 Å². The van der Waals surface area contributed by atoms with Crippen molar-refractivity contribution in [1.29, 1.82) is 0 Å². The smallest absolute Gasteiger partial charge is 0.137 e. The van der Waals surface area contributed by atoms with Gasteiger partial charge in [-0.15, -0.1) is 0 Å². The Hall–Kier alpha value is -0.780. The van der Waals surface area contributed by atoms with Crippen LogP contribution in [0.3, 0.4) is 0 Å². The SMILES string of the molecule is NC(Cc1ccc(Br)cn1)c1cccc(F)c1Br. The average molecular weight is 374 g/mol. The van der Waals surface area contributed by atoms with Gasteiger partial charge in [-0.3, -0.25) is 4.98 Å². The highest BCUT2D eigenvalue weighted by Gasteiger charge is 2.13. The van der Waals surface area contributed by atoms with E-state index in [0.717, 1.165) is 15.7 Å². The molecule has 1 atom stereocenters. The Morgan fingerprint density at radius 3 is 2.67 bits per heavy atom. The molecule has 1 unspecified atom stereocenters. The van der Waals surface area contributed by atoms with Gasteiger partial charge < -0.3 is 5.73 Å². The number of nitrogens with two attached hydrogens (primary N) is 1. The second-order valence-electron chi connectivity index (χ2n) is 3.92. The Balaban J connectivity index is 2.19. The predicted molar refractivity (Wildman–Crippen MR) is 76.7 cm³/mol. The topological polar surface area (TPSA) is 38.9 Å². The second kappa shape index (κ2) is 5.91. The van der Waals surface area contributed by atoms with E-state index in [0.29, 0.717) is 10.9 Å². The molecule has 2 N–H and O–H groups in total. The molecule has 2 rings (SSSR count). The molecule has 0 aliphatic carbocycles. The summed E-state index contributed by atoms with van der Waals surface area (Å²) in [5, 5.41) is 0. The Morgan fingerprint density at radius 2 is 2.00 bits per heavy atom. The number of nitrogens with zero attached hydrogens (tertiary/aromatic N) is 1. The highest BCUT2D eigenvalue weighted by atomic mass is 79.9. The number of hydrogen-bond donors (Lipinski definition) is 1. The van der Waals surface area contributed by atoms with Crippen LogP contribution in [0.25, 0.3) is 0 Å². The van der Waals surface area contributed by atoms with E-state index in [1.54, 1.807) is 12.3 Å². The van der Waals surface area contributed by atoms with E-state index in [4.69, 9.17) is 5.73 Å². The van der Waals surface area contributed by atoms with E-state index in [1.807, 2.05) is 18.2 Å². The number of aromatic nitrogens is 1. The average Bonchev–Trinajstić information content (AvgIpc) is 2.35. The van der Waals surface area contributed by atoms with Crippen molar-refractivity contribution in [2.45, 2.75) is 12.5 Å². The van der Waals surface area contributed by atoms with Gasteiger partial charge in [0.05, 0.1) is 4.47 Å². The number of hydrogen-bond acceptors (Lipinski definition) is 2. The van der Waals surface area contributed by atoms with Crippen LogP contribution in [0.2, 0.25) is 0 Å². The fourth-order valence-electron chi connectivity index (χ4n) is 1.67. The molecule has 0 amide bonds. The van der Waals surface area contributed by atoms with Gasteiger partial charge >= 0.3 is 0 Å². The standard InChI is InChI=1S/C13H11Br2FN2/c14-8-4-5-9(18-7-8)6-12(17)10-2-1-3-11(16)13(10)15/h1-5,7,12H,6,17H2. The van der Waals surface area contributed by atoms with Crippen LogP contribution in [0.1, 0.15) is 17.3 Å². The highest BCUT2D eigenvalue weighted by Crippen LogP contribution is 2.26. The molecule has 0 spiro atoms. The summed E-state index contributed by atoms with van der Waals surface area (Å²) in [6.45, 7) is 0. The van der Waals surface area contributed by atoms with Crippen molar-refractivity contribution in [3.63, 3.8) is 0 Å². The first-order valence-electron chi connectivity index (χ1n) is 5.38. The summed E-state index contributed by atoms with van der Waals surface area (Å²) < 4.78 is 14.8. The summed E-state index contributed by atoms with van der Waals surface area (Å²) in [6, 6.07) is 8.40. The highest BCUT2D eigenvalue weighted by molar-refractivity contribution is 9.10. The van der Waals surface area contributed by atoms with Gasteiger partial charge in [0, 0.05) is 28.8 Å². The lowest BCUT2D eigenvalue weighted by atomic mass is 10.0. The molecule has 0 saturated heterocycles. The van der Waals surface area contributed by atoms with Gasteiger partial charge in [-0.25, -0.2) is 4.39 Å². The Bertz CT molecular complexity index is 543. The van der Waals surface area contributed by atoms with E-state index in [-0.39, 0.29) is 11.9 Å². The molecular formula is C13H11Br2FN2. The van der Waals surface area contributed by atoms with Gasteiger partial charge in [0.1, 0.15) is 5.82 Å². The molecule has 94 valence electrons. The fraction of sp³-hybridized carbons (Fsp3) is 0.154. The third-order valence-electron chi connectivity index (χ3n) is 2.60. The number of halogens is 3. The molecule has 1 heterocycles. The fourth-order valence-corrected chi connectivity index (χ4v) is 2.46. The van der Waals surface area contributed by atoms with Gasteiger partial charge in [-0.05, 0) is 55.6 Å². The maximum absolute atomic E-state index is 13.4. The number of benzene rings is 1. The van der Waals surface area contributed by atoms with E-state index in [1.165, 1.54) is 6.07 Å². The van der Waals surface area contributed by atoms with Crippen LogP contribution in [0.5, 0.6) is 0 Å². The lowest BCUT2D eigenvalue weighted by Gasteiger charge is -2.13. The Morgan fingerprint density at radius 1 is 1.22 bits per heavy atom. The molecule has 5 heteroatoms. The molecule has 1 aromatic heterocycles. The van der Waals surface area contributed by atoms with E-state index in [9.17, 15) is 4.39 Å². The van der Waals surface area contributed by atoms with E-state index in [2.05, 4.69) is 36.8 Å². The van der Waals surface area contributed by atoms with Gasteiger partial charge in [0.25, 0.3) is 0 Å². The van der Waals surface area contributed by atoms with Crippen LogP contribution in [-0.2, 0) is 6.42 Å². The monoisotopic (exact) mass is 372 g/mol. The molecular weight excluding hydrogens is 363 g/mol. The molecule has 0 bridgehead atoms. The summed E-state index contributed by atoms with van der Waals surface area (Å²) in [4.78, 5) is 4.26. The van der Waals surface area contributed by atoms with Crippen molar-refractivity contribution in [1.82, 2.24) is 4.98 Å². The molecule has 1 aromatic carbocycles. The van der Waals surface area contributed by atoms with Crippen molar-refractivity contribution >= 4 is 31.9 Å². The van der Waals surface area contributed by atoms with Crippen LogP contribution >= 0.6 is 31.9 Å². The van der Waals surface area contributed by atoms with Gasteiger partial charge in [0.15, 0.2) is 0 Å². The summed E-state index contributed by atoms with van der Waals surface area (Å²) in [5.74, 6) is -0.299. The lowest BCUT2D eigenvalue weighted by Crippen LogP contribution is -2.15. The summed E-state index contributed by atoms with van der Waals surface area (Å²) >= 11 is 6.55. The molecule has 0 aliphatic heterocycles. The normalized spacial score (nSPS) is 12.4. The van der Waals surface area contributed by atoms with Gasteiger partial charge in [-0.1, -0.05) is 12.1 Å². The van der Waals surface area contributed by atoms with E-state index < -0.39 is 0 Å². The third-order valence-corrected chi connectivity index (χ3v) is 3.90. The van der Waals surface area contributed by atoms with Gasteiger partial charge in [-0.2, -0.15) is 0 Å². The quantitative estimate of drug-likeness (QED) is 0.883. The molecule has 2 aromatic rings. The largest absolute Gasteiger partial charge is 0.324 e. The third kappa shape index (κ3) is 3.16. The Kier molecular flexibility index (Phi) is 4.48. The molecule has 0 radical (unpaired) electrons. The molecule has 0 saturated carbocycles. The number of pyridine rings is 1. The van der Waals surface area contributed by atoms with Crippen LogP contribution in [0.15, 0.2) is 45.5 Å². The van der Waals surface area contributed by atoms with Crippen molar-refractivity contribution in [3.05, 3.63) is 62.5 Å². The summed E-state index contributed by atoms with van der Waals surface area (Å²) in [7, 11) is 0. The first-order chi connectivity index (χ1) is 8.58. The second-order valence-corrected chi connectivity index (χ2v) is 5.63. The van der Waals surface area contributed by atoms with Crippen LogP contribution in [0.4, 0.5) is 4.39 Å². The summed E-state index contributed by atoms with van der Waals surface area (Å²) in [5.41, 5.74) is 7.71. The van der Waals surface area contributed by atoms with Crippen LogP contribution in [0, 0.1) is 5.82 Å². The maximum Gasteiger partial charge on any atom is 0.137 e. The minimum absolute atomic E-state index is 0.288. The first-order valence-corrected chi connectivity index (χ1v) is 6.96. The Labute approximate surface area is 122 Å². The van der Waals surface area contributed by atoms with Gasteiger partial charge in [0.2, 0.25) is 0 Å². The minimum Gasteiger partial charge on any atom is -0.324 e. The zero-order valence-electron chi connectivity index (χ0n) is 9.41. The zero-order chi connectivity index (χ0) is 13.1. The molecule has 2 nitrogen and oxygen atoms in total. The lowest BCUT2D eigenvalue weighted by molar-refractivity contribution is 0.609. The van der Waals surface area contributed by atoms with Crippen molar-refractivity contribution in [2.75, 3.05) is 0 Å². The maximum atomic E-state index is 13.4. The zero-order valence-corrected chi connectivity index (χ0v) is 12.6. The van der Waals surface area contributed by atoms with Crippen molar-refractivity contribution in [3.8, 4) is 0 Å². The number of rotatable bonds is 3.